The maximum absolute atomic E-state index is 12.1. The normalized spacial score (nSPS) is 19.0. The molecule has 0 radical (unpaired) electrons. The van der Waals surface area contributed by atoms with Gasteiger partial charge < -0.3 is 20.6 Å². The summed E-state index contributed by atoms with van der Waals surface area (Å²) in [6.45, 7) is 7.01. The molecule has 6 nitrogen and oxygen atoms in total. The Balaban J connectivity index is 1.89. The Hall–Kier alpha value is -1.89. The Bertz CT molecular complexity index is 581. The van der Waals surface area contributed by atoms with Gasteiger partial charge in [0, 0.05) is 28.8 Å². The maximum Gasteiger partial charge on any atom is 0.410 e. The van der Waals surface area contributed by atoms with Crippen molar-refractivity contribution in [3.05, 3.63) is 29.8 Å². The molecule has 1 aliphatic rings. The van der Waals surface area contributed by atoms with Crippen LogP contribution >= 0.6 is 11.8 Å². The van der Waals surface area contributed by atoms with Crippen LogP contribution in [0.15, 0.2) is 34.3 Å². The van der Waals surface area contributed by atoms with E-state index in [1.165, 1.54) is 0 Å². The van der Waals surface area contributed by atoms with E-state index in [1.807, 2.05) is 45.0 Å². The van der Waals surface area contributed by atoms with Crippen LogP contribution in [0, 0.1) is 0 Å². The largest absolute Gasteiger partial charge is 0.444 e. The number of amidine groups is 1. The Morgan fingerprint density at radius 1 is 1.39 bits per heavy atom. The summed E-state index contributed by atoms with van der Waals surface area (Å²) in [5.41, 5.74) is 5.76. The molecule has 0 bridgehead atoms. The van der Waals surface area contributed by atoms with Gasteiger partial charge in [0.15, 0.2) is 5.84 Å². The smallest absolute Gasteiger partial charge is 0.410 e. The van der Waals surface area contributed by atoms with Crippen LogP contribution in [0.5, 0.6) is 0 Å². The minimum absolute atomic E-state index is 0.0958. The van der Waals surface area contributed by atoms with Gasteiger partial charge in [0.05, 0.1) is 0 Å². The predicted octanol–water partition coefficient (Wildman–Crippen LogP) is 2.88. The number of nitrogens with two attached hydrogens (primary N) is 1. The highest BCUT2D eigenvalue weighted by molar-refractivity contribution is 8.00. The van der Waals surface area contributed by atoms with Gasteiger partial charge in [-0.25, -0.2) is 4.79 Å². The SMILES string of the molecule is CC(C)(C)OC(=O)N1CC[C@@H](Sc2ccc(C(N)=NO)cc2)C1. The number of amides is 1. The van der Waals surface area contributed by atoms with Gasteiger partial charge in [-0.05, 0) is 39.3 Å². The average Bonchev–Trinajstić information content (AvgIpc) is 2.94. The van der Waals surface area contributed by atoms with E-state index in [1.54, 1.807) is 16.7 Å². The number of ether oxygens (including phenoxy) is 1. The molecule has 0 unspecified atom stereocenters. The number of benzene rings is 1. The Labute approximate surface area is 140 Å². The minimum atomic E-state index is -0.466. The zero-order valence-electron chi connectivity index (χ0n) is 13.7. The molecule has 0 spiro atoms. The fourth-order valence-electron chi connectivity index (χ4n) is 2.27. The van der Waals surface area contributed by atoms with Crippen LogP contribution in [0.3, 0.4) is 0 Å². The molecule has 3 N–H and O–H groups in total. The van der Waals surface area contributed by atoms with Gasteiger partial charge in [-0.3, -0.25) is 0 Å². The predicted molar refractivity (Wildman–Crippen MR) is 91.0 cm³/mol. The van der Waals surface area contributed by atoms with E-state index in [4.69, 9.17) is 15.7 Å². The molecule has 23 heavy (non-hydrogen) atoms. The monoisotopic (exact) mass is 337 g/mol. The first-order chi connectivity index (χ1) is 10.8. The first kappa shape index (κ1) is 17.5. The molecule has 1 heterocycles. The second kappa shape index (κ2) is 7.12. The number of carbonyl (C=O) groups excluding carboxylic acids is 1. The summed E-state index contributed by atoms with van der Waals surface area (Å²) in [6, 6.07) is 7.51. The number of thioether (sulfide) groups is 1. The molecule has 1 aromatic rings. The van der Waals surface area contributed by atoms with E-state index in [2.05, 4.69) is 5.16 Å². The van der Waals surface area contributed by atoms with Crippen molar-refractivity contribution < 1.29 is 14.7 Å². The summed E-state index contributed by atoms with van der Waals surface area (Å²) in [5, 5.41) is 12.0. The van der Waals surface area contributed by atoms with Crippen LogP contribution in [0.2, 0.25) is 0 Å². The van der Waals surface area contributed by atoms with Gasteiger partial charge in [-0.1, -0.05) is 17.3 Å². The third-order valence-electron chi connectivity index (χ3n) is 3.36. The van der Waals surface area contributed by atoms with Crippen LogP contribution in [-0.4, -0.2) is 46.0 Å². The topological polar surface area (TPSA) is 88.2 Å². The lowest BCUT2D eigenvalue weighted by Gasteiger charge is -2.24. The van der Waals surface area contributed by atoms with E-state index in [0.29, 0.717) is 17.4 Å². The van der Waals surface area contributed by atoms with Gasteiger partial charge >= 0.3 is 6.09 Å². The Morgan fingerprint density at radius 3 is 2.61 bits per heavy atom. The van der Waals surface area contributed by atoms with Crippen LogP contribution in [0.4, 0.5) is 4.79 Å². The first-order valence-corrected chi connectivity index (χ1v) is 8.39. The van der Waals surface area contributed by atoms with Crippen LogP contribution in [0.1, 0.15) is 32.8 Å². The summed E-state index contributed by atoms with van der Waals surface area (Å²) in [5.74, 6) is 0.0958. The second-order valence-corrected chi connectivity index (χ2v) is 7.84. The quantitative estimate of drug-likeness (QED) is 0.383. The third-order valence-corrected chi connectivity index (χ3v) is 4.62. The van der Waals surface area contributed by atoms with Crippen molar-refractivity contribution in [2.75, 3.05) is 13.1 Å². The lowest BCUT2D eigenvalue weighted by Crippen LogP contribution is -2.35. The highest BCUT2D eigenvalue weighted by Crippen LogP contribution is 2.30. The van der Waals surface area contributed by atoms with E-state index in [0.717, 1.165) is 17.9 Å². The lowest BCUT2D eigenvalue weighted by atomic mass is 10.2. The lowest BCUT2D eigenvalue weighted by molar-refractivity contribution is 0.0295. The number of nitrogens with zero attached hydrogens (tertiary/aromatic N) is 2. The summed E-state index contributed by atoms with van der Waals surface area (Å²) in [7, 11) is 0. The molecular weight excluding hydrogens is 314 g/mol. The van der Waals surface area contributed by atoms with Crippen molar-refractivity contribution in [1.82, 2.24) is 4.90 Å². The molecule has 1 amide bonds. The van der Waals surface area contributed by atoms with Gasteiger partial charge in [-0.15, -0.1) is 11.8 Å². The van der Waals surface area contributed by atoms with Crippen molar-refractivity contribution in [3.8, 4) is 0 Å². The molecule has 1 fully saturated rings. The van der Waals surface area contributed by atoms with E-state index in [9.17, 15) is 4.79 Å². The molecule has 7 heteroatoms. The van der Waals surface area contributed by atoms with Crippen molar-refractivity contribution in [3.63, 3.8) is 0 Å². The van der Waals surface area contributed by atoms with E-state index >= 15 is 0 Å². The van der Waals surface area contributed by atoms with Crippen LogP contribution < -0.4 is 5.73 Å². The maximum atomic E-state index is 12.1. The van der Waals surface area contributed by atoms with E-state index < -0.39 is 5.60 Å². The number of carbonyl (C=O) groups is 1. The summed E-state index contributed by atoms with van der Waals surface area (Å²) < 4.78 is 5.40. The summed E-state index contributed by atoms with van der Waals surface area (Å²) >= 11 is 1.73. The van der Waals surface area contributed by atoms with Crippen LogP contribution in [-0.2, 0) is 4.74 Å². The van der Waals surface area contributed by atoms with Gasteiger partial charge in [0.25, 0.3) is 0 Å². The molecule has 0 aromatic heterocycles. The van der Waals surface area contributed by atoms with Crippen LogP contribution in [0.25, 0.3) is 0 Å². The number of hydrogen-bond acceptors (Lipinski definition) is 5. The molecule has 1 saturated heterocycles. The highest BCUT2D eigenvalue weighted by Gasteiger charge is 2.30. The molecule has 1 atom stereocenters. The number of rotatable bonds is 3. The van der Waals surface area contributed by atoms with Gasteiger partial charge in [0.2, 0.25) is 0 Å². The third kappa shape index (κ3) is 5.06. The fourth-order valence-corrected chi connectivity index (χ4v) is 3.43. The zero-order chi connectivity index (χ0) is 17.0. The molecular formula is C16H23N3O3S. The zero-order valence-corrected chi connectivity index (χ0v) is 14.5. The summed E-state index contributed by atoms with van der Waals surface area (Å²) in [6.07, 6.45) is 0.689. The number of oxime groups is 1. The molecule has 0 aliphatic carbocycles. The molecule has 2 rings (SSSR count). The van der Waals surface area contributed by atoms with Crippen molar-refractivity contribution >= 4 is 23.7 Å². The molecule has 0 saturated carbocycles. The number of likely N-dealkylation sites (tertiary alicyclic amines) is 1. The molecule has 1 aliphatic heterocycles. The Morgan fingerprint density at radius 2 is 2.04 bits per heavy atom. The Kier molecular flexibility index (Phi) is 5.41. The van der Waals surface area contributed by atoms with Gasteiger partial charge in [0.1, 0.15) is 5.60 Å². The second-order valence-electron chi connectivity index (χ2n) is 6.46. The standard InChI is InChI=1S/C16H23N3O3S/c1-16(2,3)22-15(20)19-9-8-13(10-19)23-12-6-4-11(5-7-12)14(17)18-21/h4-7,13,21H,8-10H2,1-3H3,(H2,17,18)/t13-/m1/s1. The van der Waals surface area contributed by atoms with E-state index in [-0.39, 0.29) is 11.9 Å². The van der Waals surface area contributed by atoms with Crippen molar-refractivity contribution in [2.24, 2.45) is 10.9 Å². The highest BCUT2D eigenvalue weighted by atomic mass is 32.2. The number of hydrogen-bond donors (Lipinski definition) is 2. The fraction of sp³-hybridized carbons (Fsp3) is 0.500. The molecule has 126 valence electrons. The van der Waals surface area contributed by atoms with Crippen molar-refractivity contribution in [2.45, 2.75) is 42.9 Å². The van der Waals surface area contributed by atoms with Crippen molar-refractivity contribution in [1.29, 1.82) is 0 Å². The average molecular weight is 337 g/mol. The molecule has 1 aromatic carbocycles. The first-order valence-electron chi connectivity index (χ1n) is 7.51. The summed E-state index contributed by atoms with van der Waals surface area (Å²) in [4.78, 5) is 14.9. The minimum Gasteiger partial charge on any atom is -0.444 e. The van der Waals surface area contributed by atoms with Gasteiger partial charge in [-0.2, -0.15) is 0 Å².